The molecule has 11 heteroatoms. The molecule has 0 bridgehead atoms. The van der Waals surface area contributed by atoms with Crippen LogP contribution in [0.25, 0.3) is 5.82 Å². The number of aryl methyl sites for hydroxylation is 4. The van der Waals surface area contributed by atoms with Crippen LogP contribution >= 0.6 is 0 Å². The van der Waals surface area contributed by atoms with Crippen molar-refractivity contribution in [1.82, 2.24) is 29.3 Å². The van der Waals surface area contributed by atoms with Crippen LogP contribution in [0.1, 0.15) is 35.5 Å². The zero-order valence-electron chi connectivity index (χ0n) is 20.0. The van der Waals surface area contributed by atoms with Crippen molar-refractivity contribution in [1.29, 1.82) is 0 Å². The monoisotopic (exact) mass is 481 g/mol. The van der Waals surface area contributed by atoms with Gasteiger partial charge in [0.25, 0.3) is 10.0 Å². The second-order valence-corrected chi connectivity index (χ2v) is 9.56. The normalized spacial score (nSPS) is 11.6. The van der Waals surface area contributed by atoms with Gasteiger partial charge in [-0.2, -0.15) is 10.1 Å². The van der Waals surface area contributed by atoms with E-state index in [0.29, 0.717) is 46.9 Å². The molecule has 0 radical (unpaired) electrons. The lowest BCUT2D eigenvalue weighted by Crippen LogP contribution is -2.15. The van der Waals surface area contributed by atoms with Gasteiger partial charge in [-0.1, -0.05) is 0 Å². The molecule has 34 heavy (non-hydrogen) atoms. The van der Waals surface area contributed by atoms with E-state index in [9.17, 15) is 8.42 Å². The summed E-state index contributed by atoms with van der Waals surface area (Å²) in [7, 11) is -3.78. The van der Waals surface area contributed by atoms with Gasteiger partial charge in [0.1, 0.15) is 28.6 Å². The van der Waals surface area contributed by atoms with Crippen LogP contribution in [0.3, 0.4) is 0 Å². The minimum Gasteiger partial charge on any atom is -0.439 e. The third-order valence-electron chi connectivity index (χ3n) is 5.51. The number of imidazole rings is 1. The Morgan fingerprint density at radius 2 is 1.68 bits per heavy atom. The summed E-state index contributed by atoms with van der Waals surface area (Å²) < 4.78 is 38.0. The van der Waals surface area contributed by atoms with E-state index in [2.05, 4.69) is 24.8 Å². The van der Waals surface area contributed by atoms with Gasteiger partial charge in [-0.05, 0) is 65.8 Å². The molecule has 0 aliphatic rings. The molecule has 3 aromatic heterocycles. The summed E-state index contributed by atoms with van der Waals surface area (Å²) in [4.78, 5) is 13.3. The van der Waals surface area contributed by atoms with Crippen molar-refractivity contribution in [2.24, 2.45) is 0 Å². The summed E-state index contributed by atoms with van der Waals surface area (Å²) in [5.41, 5.74) is 3.38. The predicted molar refractivity (Wildman–Crippen MR) is 128 cm³/mol. The Morgan fingerprint density at radius 3 is 2.26 bits per heavy atom. The van der Waals surface area contributed by atoms with Crippen LogP contribution in [0.4, 0.5) is 5.69 Å². The lowest BCUT2D eigenvalue weighted by atomic mass is 10.3. The molecule has 0 unspecified atom stereocenters. The van der Waals surface area contributed by atoms with Gasteiger partial charge in [-0.15, -0.1) is 0 Å². The van der Waals surface area contributed by atoms with Crippen molar-refractivity contribution in [3.63, 3.8) is 0 Å². The van der Waals surface area contributed by atoms with Gasteiger partial charge in [0.2, 0.25) is 5.88 Å². The van der Waals surface area contributed by atoms with Crippen molar-refractivity contribution in [2.75, 3.05) is 4.72 Å². The average Bonchev–Trinajstić information content (AvgIpc) is 3.26. The first-order valence-corrected chi connectivity index (χ1v) is 12.3. The van der Waals surface area contributed by atoms with E-state index in [1.165, 1.54) is 0 Å². The molecule has 1 N–H and O–H groups in total. The van der Waals surface area contributed by atoms with Gasteiger partial charge in [0, 0.05) is 24.0 Å². The van der Waals surface area contributed by atoms with Gasteiger partial charge < -0.3 is 4.74 Å². The summed E-state index contributed by atoms with van der Waals surface area (Å²) in [5.74, 6) is 2.10. The molecule has 0 saturated carbocycles. The molecule has 0 saturated heterocycles. The zero-order chi connectivity index (χ0) is 24.6. The third kappa shape index (κ3) is 4.51. The van der Waals surface area contributed by atoms with Crippen LogP contribution in [-0.4, -0.2) is 37.7 Å². The van der Waals surface area contributed by atoms with Crippen LogP contribution in [-0.2, 0) is 16.6 Å². The van der Waals surface area contributed by atoms with Crippen LogP contribution < -0.4 is 9.46 Å². The first-order valence-electron chi connectivity index (χ1n) is 10.8. The van der Waals surface area contributed by atoms with Crippen LogP contribution in [0.2, 0.25) is 0 Å². The van der Waals surface area contributed by atoms with Crippen LogP contribution in [0, 0.1) is 34.6 Å². The summed E-state index contributed by atoms with van der Waals surface area (Å²) >= 11 is 0. The molecule has 178 valence electrons. The molecule has 0 aliphatic carbocycles. The Morgan fingerprint density at radius 1 is 0.971 bits per heavy atom. The van der Waals surface area contributed by atoms with Gasteiger partial charge >= 0.3 is 0 Å². The van der Waals surface area contributed by atoms with Crippen molar-refractivity contribution < 1.29 is 13.2 Å². The molecule has 4 rings (SSSR count). The number of rotatable bonds is 7. The van der Waals surface area contributed by atoms with E-state index in [-0.39, 0.29) is 4.90 Å². The maximum Gasteiger partial charge on any atom is 0.265 e. The molecule has 0 spiro atoms. The van der Waals surface area contributed by atoms with Gasteiger partial charge in [-0.25, -0.2) is 18.4 Å². The highest BCUT2D eigenvalue weighted by Crippen LogP contribution is 2.26. The molecule has 10 nitrogen and oxygen atoms in total. The predicted octanol–water partition coefficient (Wildman–Crippen LogP) is 4.01. The number of nitrogens with one attached hydrogen (secondary N) is 1. The number of sulfonamides is 1. The topological polar surface area (TPSA) is 117 Å². The van der Waals surface area contributed by atoms with Crippen molar-refractivity contribution in [3.8, 4) is 17.4 Å². The van der Waals surface area contributed by atoms with E-state index in [0.717, 1.165) is 11.4 Å². The average molecular weight is 482 g/mol. The summed E-state index contributed by atoms with van der Waals surface area (Å²) in [6.45, 7) is 11.6. The Balaban J connectivity index is 1.54. The second kappa shape index (κ2) is 8.90. The van der Waals surface area contributed by atoms with Crippen LogP contribution in [0.15, 0.2) is 41.6 Å². The number of ether oxygens (including phenoxy) is 1. The van der Waals surface area contributed by atoms with Crippen molar-refractivity contribution in [2.45, 2.75) is 53.0 Å². The fourth-order valence-corrected chi connectivity index (χ4v) is 5.20. The first-order chi connectivity index (χ1) is 16.1. The number of nitrogens with zero attached hydrogens (tertiary/aromatic N) is 6. The Bertz CT molecular complexity index is 1450. The highest BCUT2D eigenvalue weighted by molar-refractivity contribution is 7.92. The maximum absolute atomic E-state index is 13.0. The quantitative estimate of drug-likeness (QED) is 0.424. The van der Waals surface area contributed by atoms with Gasteiger partial charge in [-0.3, -0.25) is 14.0 Å². The van der Waals surface area contributed by atoms with Gasteiger partial charge in [0.05, 0.1) is 17.1 Å². The van der Waals surface area contributed by atoms with Gasteiger partial charge in [0.15, 0.2) is 0 Å². The summed E-state index contributed by atoms with van der Waals surface area (Å²) in [6.07, 6.45) is 1.71. The van der Waals surface area contributed by atoms with Crippen LogP contribution in [0.5, 0.6) is 11.6 Å². The van der Waals surface area contributed by atoms with E-state index < -0.39 is 10.0 Å². The minimum atomic E-state index is -3.78. The largest absolute Gasteiger partial charge is 0.439 e. The SMILES string of the molecule is CCn1nc(C)c(S(=O)(=O)Nc2ccc(Oc3cc(-n4cnc(C)c4C)nc(C)n3)cc2)c1C. The maximum atomic E-state index is 13.0. The molecular weight excluding hydrogens is 454 g/mol. The highest BCUT2D eigenvalue weighted by atomic mass is 32.2. The summed E-state index contributed by atoms with van der Waals surface area (Å²) in [6, 6.07) is 8.36. The standard InChI is InChI=1S/C23H27N7O3S/c1-7-30-17(5)23(15(3)27-30)34(31,32)28-19-8-10-20(11-9-19)33-22-12-21(25-18(6)26-22)29-13-24-14(2)16(29)4/h8-13,28H,7H2,1-6H3. The number of anilines is 1. The smallest absolute Gasteiger partial charge is 0.265 e. The molecular formula is C23H27N7O3S. The van der Waals surface area contributed by atoms with E-state index in [1.807, 2.05) is 25.3 Å². The fourth-order valence-electron chi connectivity index (χ4n) is 3.73. The molecule has 4 aromatic rings. The second-order valence-electron chi connectivity index (χ2n) is 7.94. The van der Waals surface area contributed by atoms with E-state index in [1.54, 1.807) is 62.1 Å². The Hall–Kier alpha value is -3.73. The van der Waals surface area contributed by atoms with Crippen molar-refractivity contribution in [3.05, 3.63) is 65.3 Å². The molecule has 0 aliphatic heterocycles. The van der Waals surface area contributed by atoms with E-state index in [4.69, 9.17) is 4.74 Å². The summed E-state index contributed by atoms with van der Waals surface area (Å²) in [5, 5.41) is 4.30. The lowest BCUT2D eigenvalue weighted by Gasteiger charge is -2.11. The minimum absolute atomic E-state index is 0.198. The molecule has 0 fully saturated rings. The fraction of sp³-hybridized carbons (Fsp3) is 0.304. The Labute approximate surface area is 198 Å². The third-order valence-corrected chi connectivity index (χ3v) is 7.14. The van der Waals surface area contributed by atoms with E-state index >= 15 is 0 Å². The lowest BCUT2D eigenvalue weighted by molar-refractivity contribution is 0.459. The number of benzene rings is 1. The molecule has 0 atom stereocenters. The number of hydrogen-bond acceptors (Lipinski definition) is 7. The first kappa shape index (κ1) is 23.4. The number of hydrogen-bond donors (Lipinski definition) is 1. The highest BCUT2D eigenvalue weighted by Gasteiger charge is 2.24. The number of aromatic nitrogens is 6. The molecule has 3 heterocycles. The Kier molecular flexibility index (Phi) is 6.13. The zero-order valence-corrected chi connectivity index (χ0v) is 20.8. The van der Waals surface area contributed by atoms with Crippen molar-refractivity contribution >= 4 is 15.7 Å². The molecule has 1 aromatic carbocycles. The molecule has 0 amide bonds.